The molecule has 0 bridgehead atoms. The van der Waals surface area contributed by atoms with Crippen LogP contribution in [0.15, 0.2) is 6.20 Å². The fraction of sp³-hybridized carbons (Fsp3) is 0.667. The van der Waals surface area contributed by atoms with Gasteiger partial charge in [0.25, 0.3) is 0 Å². The Morgan fingerprint density at radius 2 is 2.38 bits per heavy atom. The lowest BCUT2D eigenvalue weighted by Gasteiger charge is -2.12. The topological polar surface area (TPSA) is 53.6 Å². The summed E-state index contributed by atoms with van der Waals surface area (Å²) in [7, 11) is 0. The molecule has 0 spiro atoms. The van der Waals surface area contributed by atoms with E-state index in [4.69, 9.17) is 5.26 Å². The monoisotopic (exact) mass is 220 g/mol. The summed E-state index contributed by atoms with van der Waals surface area (Å²) in [6.45, 7) is 8.06. The summed E-state index contributed by atoms with van der Waals surface area (Å²) in [6, 6.07) is 2.47. The minimum Gasteiger partial charge on any atom is -0.310 e. The predicted molar refractivity (Wildman–Crippen MR) is 63.9 cm³/mol. The summed E-state index contributed by atoms with van der Waals surface area (Å²) in [4.78, 5) is 0. The third-order valence-electron chi connectivity index (χ3n) is 2.74. The first-order valence-corrected chi connectivity index (χ1v) is 5.83. The molecular weight excluding hydrogens is 200 g/mol. The number of hydrogen-bond donors (Lipinski definition) is 1. The Labute approximate surface area is 97.3 Å². The van der Waals surface area contributed by atoms with Crippen molar-refractivity contribution in [1.29, 1.82) is 5.26 Å². The highest BCUT2D eigenvalue weighted by molar-refractivity contribution is 5.20. The van der Waals surface area contributed by atoms with Crippen LogP contribution in [0, 0.1) is 18.3 Å². The molecule has 0 saturated carbocycles. The number of aromatic nitrogens is 2. The van der Waals surface area contributed by atoms with Crippen LogP contribution in [0.2, 0.25) is 0 Å². The zero-order chi connectivity index (χ0) is 12.0. The second-order valence-electron chi connectivity index (χ2n) is 3.99. The van der Waals surface area contributed by atoms with Crippen molar-refractivity contribution in [2.45, 2.75) is 46.2 Å². The Bertz CT molecular complexity index is 362. The maximum absolute atomic E-state index is 8.55. The molecule has 16 heavy (non-hydrogen) atoms. The maximum Gasteiger partial charge on any atom is 0.0641 e. The van der Waals surface area contributed by atoms with E-state index in [2.05, 4.69) is 37.3 Å². The van der Waals surface area contributed by atoms with Crippen molar-refractivity contribution in [3.05, 3.63) is 17.5 Å². The molecular formula is C12H20N4. The minimum absolute atomic E-state index is 0.329. The molecule has 88 valence electrons. The van der Waals surface area contributed by atoms with Crippen molar-refractivity contribution in [2.75, 3.05) is 6.54 Å². The van der Waals surface area contributed by atoms with Gasteiger partial charge in [-0.25, -0.2) is 0 Å². The van der Waals surface area contributed by atoms with E-state index >= 15 is 0 Å². The summed E-state index contributed by atoms with van der Waals surface area (Å²) in [5, 5.41) is 16.3. The molecule has 0 saturated heterocycles. The van der Waals surface area contributed by atoms with Gasteiger partial charge in [-0.15, -0.1) is 0 Å². The molecule has 1 aromatic heterocycles. The number of rotatable bonds is 6. The van der Waals surface area contributed by atoms with Gasteiger partial charge in [0, 0.05) is 17.3 Å². The van der Waals surface area contributed by atoms with Crippen LogP contribution in [-0.2, 0) is 6.54 Å². The van der Waals surface area contributed by atoms with Gasteiger partial charge in [0.1, 0.15) is 0 Å². The molecule has 1 unspecified atom stereocenters. The lowest BCUT2D eigenvalue weighted by Crippen LogP contribution is -2.19. The molecule has 0 amide bonds. The highest BCUT2D eigenvalue weighted by Crippen LogP contribution is 2.16. The van der Waals surface area contributed by atoms with E-state index in [1.54, 1.807) is 0 Å². The molecule has 1 rings (SSSR count). The summed E-state index contributed by atoms with van der Waals surface area (Å²) in [5.74, 6) is 0. The van der Waals surface area contributed by atoms with Crippen LogP contribution < -0.4 is 5.32 Å². The highest BCUT2D eigenvalue weighted by Gasteiger charge is 2.11. The van der Waals surface area contributed by atoms with Crippen molar-refractivity contribution >= 4 is 0 Å². The molecule has 1 atom stereocenters. The Kier molecular flexibility index (Phi) is 5.00. The van der Waals surface area contributed by atoms with E-state index in [9.17, 15) is 0 Å². The Morgan fingerprint density at radius 3 is 3.00 bits per heavy atom. The molecule has 0 radical (unpaired) electrons. The summed E-state index contributed by atoms with van der Waals surface area (Å²) < 4.78 is 1.91. The SMILES string of the molecule is CCCNC(C)c1cnn(CCC#N)c1C. The molecule has 0 aliphatic carbocycles. The lowest BCUT2D eigenvalue weighted by atomic mass is 10.1. The average molecular weight is 220 g/mol. The second-order valence-corrected chi connectivity index (χ2v) is 3.99. The van der Waals surface area contributed by atoms with Gasteiger partial charge in [0.05, 0.1) is 25.2 Å². The molecule has 0 fully saturated rings. The third-order valence-corrected chi connectivity index (χ3v) is 2.74. The van der Waals surface area contributed by atoms with Crippen LogP contribution >= 0.6 is 0 Å². The summed E-state index contributed by atoms with van der Waals surface area (Å²) in [6.07, 6.45) is 3.55. The van der Waals surface area contributed by atoms with Gasteiger partial charge in [0.2, 0.25) is 0 Å². The Hall–Kier alpha value is -1.34. The molecule has 1 heterocycles. The number of nitrogens with zero attached hydrogens (tertiary/aromatic N) is 3. The van der Waals surface area contributed by atoms with E-state index in [0.717, 1.165) is 18.7 Å². The molecule has 4 heteroatoms. The number of hydrogen-bond acceptors (Lipinski definition) is 3. The van der Waals surface area contributed by atoms with Gasteiger partial charge in [-0.05, 0) is 26.8 Å². The fourth-order valence-electron chi connectivity index (χ4n) is 1.74. The van der Waals surface area contributed by atoms with Gasteiger partial charge < -0.3 is 5.32 Å². The first-order valence-electron chi connectivity index (χ1n) is 5.83. The first-order chi connectivity index (χ1) is 7.70. The zero-order valence-electron chi connectivity index (χ0n) is 10.3. The van der Waals surface area contributed by atoms with Crippen LogP contribution in [0.5, 0.6) is 0 Å². The van der Waals surface area contributed by atoms with Crippen LogP contribution in [-0.4, -0.2) is 16.3 Å². The molecule has 0 aromatic carbocycles. The minimum atomic E-state index is 0.329. The predicted octanol–water partition coefficient (Wildman–Crippen LogP) is 2.17. The molecule has 1 N–H and O–H groups in total. The molecule has 4 nitrogen and oxygen atoms in total. The Morgan fingerprint density at radius 1 is 1.62 bits per heavy atom. The largest absolute Gasteiger partial charge is 0.310 e. The van der Waals surface area contributed by atoms with Gasteiger partial charge in [-0.2, -0.15) is 10.4 Å². The highest BCUT2D eigenvalue weighted by atomic mass is 15.3. The average Bonchev–Trinajstić information content (AvgIpc) is 2.65. The van der Waals surface area contributed by atoms with Crippen molar-refractivity contribution < 1.29 is 0 Å². The van der Waals surface area contributed by atoms with Crippen molar-refractivity contribution in [3.8, 4) is 6.07 Å². The van der Waals surface area contributed by atoms with E-state index in [0.29, 0.717) is 19.0 Å². The van der Waals surface area contributed by atoms with Crippen LogP contribution in [0.1, 0.15) is 44.0 Å². The molecule has 0 aliphatic rings. The van der Waals surface area contributed by atoms with Crippen LogP contribution in [0.25, 0.3) is 0 Å². The first kappa shape index (κ1) is 12.7. The van der Waals surface area contributed by atoms with Gasteiger partial charge in [-0.3, -0.25) is 4.68 Å². The third kappa shape index (κ3) is 3.07. The van der Waals surface area contributed by atoms with Crippen molar-refractivity contribution in [2.24, 2.45) is 0 Å². The normalized spacial score (nSPS) is 12.4. The van der Waals surface area contributed by atoms with Gasteiger partial charge in [-0.1, -0.05) is 6.92 Å². The van der Waals surface area contributed by atoms with Gasteiger partial charge >= 0.3 is 0 Å². The number of nitrogens with one attached hydrogen (secondary N) is 1. The van der Waals surface area contributed by atoms with Crippen molar-refractivity contribution in [1.82, 2.24) is 15.1 Å². The fourth-order valence-corrected chi connectivity index (χ4v) is 1.74. The number of aryl methyl sites for hydroxylation is 1. The standard InChI is InChI=1S/C12H20N4/c1-4-7-14-10(2)12-9-15-16(11(12)3)8-5-6-13/h9-10,14H,4-5,7-8H2,1-3H3. The molecule has 0 aliphatic heterocycles. The van der Waals surface area contributed by atoms with E-state index in [1.807, 2.05) is 10.9 Å². The zero-order valence-corrected chi connectivity index (χ0v) is 10.3. The summed E-state index contributed by atoms with van der Waals surface area (Å²) >= 11 is 0. The smallest absolute Gasteiger partial charge is 0.0641 e. The molecule has 1 aromatic rings. The van der Waals surface area contributed by atoms with Crippen LogP contribution in [0.4, 0.5) is 0 Å². The van der Waals surface area contributed by atoms with Crippen LogP contribution in [0.3, 0.4) is 0 Å². The quantitative estimate of drug-likeness (QED) is 0.799. The van der Waals surface area contributed by atoms with Gasteiger partial charge in [0.15, 0.2) is 0 Å². The Balaban J connectivity index is 2.67. The number of nitriles is 1. The maximum atomic E-state index is 8.55. The van der Waals surface area contributed by atoms with Crippen molar-refractivity contribution in [3.63, 3.8) is 0 Å². The van der Waals surface area contributed by atoms with E-state index < -0.39 is 0 Å². The summed E-state index contributed by atoms with van der Waals surface area (Å²) in [5.41, 5.74) is 2.39. The van der Waals surface area contributed by atoms with E-state index in [-0.39, 0.29) is 0 Å². The lowest BCUT2D eigenvalue weighted by molar-refractivity contribution is 0.562. The van der Waals surface area contributed by atoms with E-state index in [1.165, 1.54) is 5.56 Å². The second kappa shape index (κ2) is 6.29.